The molecule has 0 radical (unpaired) electrons. The van der Waals surface area contributed by atoms with Gasteiger partial charge in [-0.05, 0) is 55.5 Å². The minimum atomic E-state index is 0.915. The molecule has 0 amide bonds. The van der Waals surface area contributed by atoms with Gasteiger partial charge >= 0.3 is 0 Å². The molecule has 0 saturated heterocycles. The Labute approximate surface area is 79.6 Å². The highest BCUT2D eigenvalue weighted by atomic mass is 35.5. The maximum absolute atomic E-state index is 6.11. The van der Waals surface area contributed by atoms with E-state index in [9.17, 15) is 0 Å². The second kappa shape index (κ2) is 3.49. The van der Waals surface area contributed by atoms with E-state index in [4.69, 9.17) is 11.6 Å². The first-order valence-electron chi connectivity index (χ1n) is 4.33. The third-order valence-corrected chi connectivity index (χ3v) is 2.93. The van der Waals surface area contributed by atoms with Gasteiger partial charge in [-0.2, -0.15) is 0 Å². The first kappa shape index (κ1) is 9.60. The zero-order chi connectivity index (χ0) is 9.30. The van der Waals surface area contributed by atoms with Gasteiger partial charge in [-0.15, -0.1) is 0 Å². The van der Waals surface area contributed by atoms with Crippen molar-refractivity contribution in [1.29, 1.82) is 0 Å². The van der Waals surface area contributed by atoms with Crippen molar-refractivity contribution < 1.29 is 0 Å². The SMILES string of the molecule is CCc1c(Cl)cc(C)c(C)c1C. The zero-order valence-electron chi connectivity index (χ0n) is 8.16. The molecule has 0 spiro atoms. The molecule has 0 aromatic heterocycles. The predicted octanol–water partition coefficient (Wildman–Crippen LogP) is 3.83. The van der Waals surface area contributed by atoms with E-state index in [1.54, 1.807) is 0 Å². The van der Waals surface area contributed by atoms with Crippen LogP contribution < -0.4 is 0 Å². The lowest BCUT2D eigenvalue weighted by Gasteiger charge is -2.11. The fourth-order valence-electron chi connectivity index (χ4n) is 1.52. The molecule has 0 aliphatic heterocycles. The Balaban J connectivity index is 3.40. The predicted molar refractivity (Wildman–Crippen MR) is 55.0 cm³/mol. The summed E-state index contributed by atoms with van der Waals surface area (Å²) in [4.78, 5) is 0. The average Bonchev–Trinajstić information content (AvgIpc) is 2.01. The van der Waals surface area contributed by atoms with E-state index in [0.717, 1.165) is 11.4 Å². The third kappa shape index (κ3) is 1.49. The quantitative estimate of drug-likeness (QED) is 0.620. The smallest absolute Gasteiger partial charge is 0.0443 e. The molecule has 0 nitrogen and oxygen atoms in total. The van der Waals surface area contributed by atoms with Crippen molar-refractivity contribution in [1.82, 2.24) is 0 Å². The Hall–Kier alpha value is -0.490. The molecule has 0 heterocycles. The van der Waals surface area contributed by atoms with Crippen LogP contribution in [0.3, 0.4) is 0 Å². The molecule has 0 aliphatic carbocycles. The maximum atomic E-state index is 6.11. The summed E-state index contributed by atoms with van der Waals surface area (Å²) >= 11 is 6.11. The lowest BCUT2D eigenvalue weighted by Crippen LogP contribution is -1.94. The topological polar surface area (TPSA) is 0 Å². The number of benzene rings is 1. The minimum absolute atomic E-state index is 0.915. The lowest BCUT2D eigenvalue weighted by atomic mass is 9.97. The van der Waals surface area contributed by atoms with Crippen LogP contribution in [0.1, 0.15) is 29.2 Å². The van der Waals surface area contributed by atoms with Crippen LogP contribution in [0, 0.1) is 20.8 Å². The minimum Gasteiger partial charge on any atom is -0.0840 e. The molecule has 12 heavy (non-hydrogen) atoms. The zero-order valence-corrected chi connectivity index (χ0v) is 8.92. The van der Waals surface area contributed by atoms with Gasteiger partial charge in [0.15, 0.2) is 0 Å². The van der Waals surface area contributed by atoms with Gasteiger partial charge in [0, 0.05) is 5.02 Å². The van der Waals surface area contributed by atoms with E-state index >= 15 is 0 Å². The van der Waals surface area contributed by atoms with Crippen LogP contribution in [0.25, 0.3) is 0 Å². The van der Waals surface area contributed by atoms with Crippen molar-refractivity contribution in [3.63, 3.8) is 0 Å². The van der Waals surface area contributed by atoms with E-state index < -0.39 is 0 Å². The van der Waals surface area contributed by atoms with Gasteiger partial charge in [0.05, 0.1) is 0 Å². The maximum Gasteiger partial charge on any atom is 0.0443 e. The highest BCUT2D eigenvalue weighted by Gasteiger charge is 2.06. The van der Waals surface area contributed by atoms with Crippen molar-refractivity contribution in [2.24, 2.45) is 0 Å². The summed E-state index contributed by atoms with van der Waals surface area (Å²) in [5, 5.41) is 0.915. The summed E-state index contributed by atoms with van der Waals surface area (Å²) < 4.78 is 0. The molecule has 1 aromatic carbocycles. The molecule has 0 fully saturated rings. The van der Waals surface area contributed by atoms with E-state index in [0.29, 0.717) is 0 Å². The molecule has 1 rings (SSSR count). The number of rotatable bonds is 1. The Kier molecular flexibility index (Phi) is 2.79. The molecule has 0 aliphatic rings. The second-order valence-electron chi connectivity index (χ2n) is 3.26. The van der Waals surface area contributed by atoms with Crippen LogP contribution in [-0.4, -0.2) is 0 Å². The first-order chi connectivity index (χ1) is 5.57. The third-order valence-electron chi connectivity index (χ3n) is 2.59. The lowest BCUT2D eigenvalue weighted by molar-refractivity contribution is 1.08. The monoisotopic (exact) mass is 182 g/mol. The van der Waals surface area contributed by atoms with Crippen LogP contribution in [-0.2, 0) is 6.42 Å². The van der Waals surface area contributed by atoms with Crippen LogP contribution in [0.4, 0.5) is 0 Å². The average molecular weight is 183 g/mol. The van der Waals surface area contributed by atoms with Crippen molar-refractivity contribution >= 4 is 11.6 Å². The van der Waals surface area contributed by atoms with Gasteiger partial charge in [-0.3, -0.25) is 0 Å². The molecule has 0 N–H and O–H groups in total. The molecule has 0 saturated carbocycles. The van der Waals surface area contributed by atoms with Crippen LogP contribution in [0.15, 0.2) is 6.07 Å². The van der Waals surface area contributed by atoms with Gasteiger partial charge < -0.3 is 0 Å². The fourth-order valence-corrected chi connectivity index (χ4v) is 1.96. The van der Waals surface area contributed by atoms with Crippen molar-refractivity contribution in [2.75, 3.05) is 0 Å². The Morgan fingerprint density at radius 1 is 1.17 bits per heavy atom. The molecular weight excluding hydrogens is 168 g/mol. The summed E-state index contributed by atoms with van der Waals surface area (Å²) in [5.74, 6) is 0. The van der Waals surface area contributed by atoms with E-state index in [1.807, 2.05) is 0 Å². The number of hydrogen-bond donors (Lipinski definition) is 0. The van der Waals surface area contributed by atoms with Crippen LogP contribution >= 0.6 is 11.6 Å². The van der Waals surface area contributed by atoms with E-state index in [2.05, 4.69) is 33.8 Å². The van der Waals surface area contributed by atoms with Gasteiger partial charge in [0.1, 0.15) is 0 Å². The largest absolute Gasteiger partial charge is 0.0840 e. The summed E-state index contributed by atoms with van der Waals surface area (Å²) in [7, 11) is 0. The molecule has 0 bridgehead atoms. The van der Waals surface area contributed by atoms with Crippen LogP contribution in [0.5, 0.6) is 0 Å². The number of hydrogen-bond acceptors (Lipinski definition) is 0. The molecule has 0 atom stereocenters. The van der Waals surface area contributed by atoms with Gasteiger partial charge in [0.25, 0.3) is 0 Å². The van der Waals surface area contributed by atoms with Gasteiger partial charge in [-0.25, -0.2) is 0 Å². The standard InChI is InChI=1S/C11H15Cl/c1-5-10-9(4)8(3)7(2)6-11(10)12/h6H,5H2,1-4H3. The highest BCUT2D eigenvalue weighted by molar-refractivity contribution is 6.31. The van der Waals surface area contributed by atoms with Crippen molar-refractivity contribution in [2.45, 2.75) is 34.1 Å². The Morgan fingerprint density at radius 3 is 2.25 bits per heavy atom. The normalized spacial score (nSPS) is 10.4. The van der Waals surface area contributed by atoms with Crippen molar-refractivity contribution in [3.8, 4) is 0 Å². The Bertz CT molecular complexity index is 300. The second-order valence-corrected chi connectivity index (χ2v) is 3.66. The van der Waals surface area contributed by atoms with E-state index in [1.165, 1.54) is 22.3 Å². The molecule has 1 heteroatoms. The van der Waals surface area contributed by atoms with Crippen molar-refractivity contribution in [3.05, 3.63) is 33.3 Å². The van der Waals surface area contributed by atoms with E-state index in [-0.39, 0.29) is 0 Å². The van der Waals surface area contributed by atoms with Gasteiger partial charge in [0.2, 0.25) is 0 Å². The molecule has 1 aromatic rings. The summed E-state index contributed by atoms with van der Waals surface area (Å²) in [5.41, 5.74) is 5.30. The summed E-state index contributed by atoms with van der Waals surface area (Å²) in [6.45, 7) is 8.55. The van der Waals surface area contributed by atoms with Crippen LogP contribution in [0.2, 0.25) is 5.02 Å². The molecular formula is C11H15Cl. The fraction of sp³-hybridized carbons (Fsp3) is 0.455. The Morgan fingerprint density at radius 2 is 1.75 bits per heavy atom. The number of halogens is 1. The summed E-state index contributed by atoms with van der Waals surface area (Å²) in [6.07, 6.45) is 1.02. The highest BCUT2D eigenvalue weighted by Crippen LogP contribution is 2.25. The summed E-state index contributed by atoms with van der Waals surface area (Å²) in [6, 6.07) is 2.06. The molecule has 0 unspecified atom stereocenters. The first-order valence-corrected chi connectivity index (χ1v) is 4.70. The number of aryl methyl sites for hydroxylation is 1. The van der Waals surface area contributed by atoms with Gasteiger partial charge in [-0.1, -0.05) is 18.5 Å². The molecule has 66 valence electrons.